The van der Waals surface area contributed by atoms with Crippen LogP contribution < -0.4 is 5.43 Å². The highest BCUT2D eigenvalue weighted by molar-refractivity contribution is 6.02. The van der Waals surface area contributed by atoms with Crippen LogP contribution in [0, 0.1) is 0 Å². The Morgan fingerprint density at radius 1 is 1.33 bits per heavy atom. The Hall–Kier alpha value is -0.900. The Morgan fingerprint density at radius 3 is 3.00 bits per heavy atom. The van der Waals surface area contributed by atoms with Crippen LogP contribution in [0.2, 0.25) is 0 Å². The SMILES string of the molecule is O=C1CC(=O)C2CCCCN2N1. The van der Waals surface area contributed by atoms with Gasteiger partial charge in [-0.15, -0.1) is 0 Å². The Morgan fingerprint density at radius 2 is 2.17 bits per heavy atom. The molecule has 0 aromatic rings. The highest BCUT2D eigenvalue weighted by Crippen LogP contribution is 2.19. The summed E-state index contributed by atoms with van der Waals surface area (Å²) in [6, 6.07) is -0.0311. The van der Waals surface area contributed by atoms with Gasteiger partial charge in [-0.25, -0.2) is 5.01 Å². The Kier molecular flexibility index (Phi) is 1.84. The average Bonchev–Trinajstić information content (AvgIpc) is 2.04. The number of hydrazine groups is 1. The molecule has 2 rings (SSSR count). The van der Waals surface area contributed by atoms with Gasteiger partial charge in [-0.3, -0.25) is 15.0 Å². The van der Waals surface area contributed by atoms with Crippen molar-refractivity contribution in [1.29, 1.82) is 0 Å². The zero-order valence-corrected chi connectivity index (χ0v) is 6.88. The second-order valence-corrected chi connectivity index (χ2v) is 3.38. The van der Waals surface area contributed by atoms with Crippen molar-refractivity contribution >= 4 is 11.7 Å². The van der Waals surface area contributed by atoms with Crippen LogP contribution in [-0.2, 0) is 9.59 Å². The quantitative estimate of drug-likeness (QED) is 0.511. The van der Waals surface area contributed by atoms with Crippen LogP contribution in [-0.4, -0.2) is 29.3 Å². The van der Waals surface area contributed by atoms with E-state index in [1.54, 1.807) is 5.01 Å². The summed E-state index contributed by atoms with van der Waals surface area (Å²) in [5.74, 6) is -0.0726. The minimum absolute atomic E-state index is 0.0311. The number of Topliss-reactive ketones (excluding diaryl/α,β-unsaturated/α-hetero) is 1. The molecule has 1 amide bonds. The van der Waals surface area contributed by atoms with Gasteiger partial charge in [0.05, 0.1) is 12.5 Å². The van der Waals surface area contributed by atoms with Crippen LogP contribution in [0.15, 0.2) is 0 Å². The van der Waals surface area contributed by atoms with E-state index in [1.807, 2.05) is 0 Å². The lowest BCUT2D eigenvalue weighted by Crippen LogP contribution is -2.58. The summed E-state index contributed by atoms with van der Waals surface area (Å²) in [7, 11) is 0. The third kappa shape index (κ3) is 1.22. The monoisotopic (exact) mass is 168 g/mol. The molecule has 0 saturated carbocycles. The highest BCUT2D eigenvalue weighted by Gasteiger charge is 2.34. The number of hydrogen-bond acceptors (Lipinski definition) is 3. The van der Waals surface area contributed by atoms with E-state index < -0.39 is 0 Å². The largest absolute Gasteiger partial charge is 0.297 e. The van der Waals surface area contributed by atoms with E-state index in [0.29, 0.717) is 0 Å². The maximum atomic E-state index is 11.3. The molecule has 66 valence electrons. The first-order chi connectivity index (χ1) is 5.77. The van der Waals surface area contributed by atoms with Gasteiger partial charge >= 0.3 is 0 Å². The summed E-state index contributed by atoms with van der Waals surface area (Å²) in [5, 5.41) is 1.79. The van der Waals surface area contributed by atoms with Crippen molar-refractivity contribution in [3.8, 4) is 0 Å². The molecular formula is C8H12N2O2. The van der Waals surface area contributed by atoms with Crippen LogP contribution in [0.3, 0.4) is 0 Å². The third-order valence-electron chi connectivity index (χ3n) is 2.48. The molecule has 4 nitrogen and oxygen atoms in total. The van der Waals surface area contributed by atoms with Gasteiger partial charge in [0.2, 0.25) is 5.91 Å². The van der Waals surface area contributed by atoms with Crippen molar-refractivity contribution in [2.45, 2.75) is 31.7 Å². The molecule has 0 radical (unpaired) electrons. The number of nitrogens with one attached hydrogen (secondary N) is 1. The molecule has 2 fully saturated rings. The van der Waals surface area contributed by atoms with Gasteiger partial charge in [-0.05, 0) is 12.8 Å². The van der Waals surface area contributed by atoms with Crippen LogP contribution >= 0.6 is 0 Å². The standard InChI is InChI=1S/C8H12N2O2/c11-7-5-8(12)9-10-4-2-1-3-6(7)10/h6H,1-5H2,(H,9,12). The molecule has 0 aliphatic carbocycles. The normalized spacial score (nSPS) is 31.2. The number of fused-ring (bicyclic) bond motifs is 1. The van der Waals surface area contributed by atoms with Gasteiger partial charge < -0.3 is 0 Å². The molecule has 2 aliphatic rings. The lowest BCUT2D eigenvalue weighted by Gasteiger charge is -2.37. The number of ketones is 1. The molecule has 0 aromatic heterocycles. The maximum Gasteiger partial charge on any atom is 0.241 e. The Bertz CT molecular complexity index is 227. The fourth-order valence-electron chi connectivity index (χ4n) is 1.88. The molecule has 2 aliphatic heterocycles. The molecule has 0 spiro atoms. The molecule has 0 bridgehead atoms. The van der Waals surface area contributed by atoms with E-state index in [4.69, 9.17) is 0 Å². The van der Waals surface area contributed by atoms with Crippen LogP contribution in [0.1, 0.15) is 25.7 Å². The first-order valence-electron chi connectivity index (χ1n) is 4.36. The molecule has 2 heterocycles. The smallest absolute Gasteiger partial charge is 0.241 e. The van der Waals surface area contributed by atoms with E-state index in [9.17, 15) is 9.59 Å². The number of piperidine rings is 1. The molecule has 1 N–H and O–H groups in total. The van der Waals surface area contributed by atoms with Gasteiger partial charge in [0, 0.05) is 6.54 Å². The van der Waals surface area contributed by atoms with Gasteiger partial charge in [0.25, 0.3) is 0 Å². The highest BCUT2D eigenvalue weighted by atomic mass is 16.2. The summed E-state index contributed by atoms with van der Waals surface area (Å²) in [5.41, 5.74) is 2.72. The lowest BCUT2D eigenvalue weighted by molar-refractivity contribution is -0.144. The Balaban J connectivity index is 2.11. The average molecular weight is 168 g/mol. The maximum absolute atomic E-state index is 11.3. The van der Waals surface area contributed by atoms with Gasteiger partial charge in [-0.2, -0.15) is 0 Å². The molecular weight excluding hydrogens is 156 g/mol. The summed E-state index contributed by atoms with van der Waals surface area (Å²) in [6.07, 6.45) is 3.15. The molecule has 1 unspecified atom stereocenters. The fourth-order valence-corrected chi connectivity index (χ4v) is 1.88. The first kappa shape index (κ1) is 7.73. The topological polar surface area (TPSA) is 49.4 Å². The molecule has 2 saturated heterocycles. The van der Waals surface area contributed by atoms with Crippen molar-refractivity contribution in [2.24, 2.45) is 0 Å². The minimum Gasteiger partial charge on any atom is -0.297 e. The number of hydrogen-bond donors (Lipinski definition) is 1. The van der Waals surface area contributed by atoms with Crippen molar-refractivity contribution in [3.63, 3.8) is 0 Å². The first-order valence-corrected chi connectivity index (χ1v) is 4.36. The molecule has 0 aromatic carbocycles. The minimum atomic E-state index is -0.154. The summed E-state index contributed by atoms with van der Waals surface area (Å²) >= 11 is 0. The second-order valence-electron chi connectivity index (χ2n) is 3.38. The predicted octanol–water partition coefficient (Wildman–Crippen LogP) is -0.155. The van der Waals surface area contributed by atoms with E-state index >= 15 is 0 Å². The number of carbonyl (C=O) groups is 2. The lowest BCUT2D eigenvalue weighted by atomic mass is 9.97. The van der Waals surface area contributed by atoms with E-state index in [2.05, 4.69) is 5.43 Å². The summed E-state index contributed by atoms with van der Waals surface area (Å²) < 4.78 is 0. The number of amides is 1. The zero-order chi connectivity index (χ0) is 8.55. The van der Waals surface area contributed by atoms with Crippen LogP contribution in [0.4, 0.5) is 0 Å². The van der Waals surface area contributed by atoms with Crippen LogP contribution in [0.5, 0.6) is 0 Å². The second kappa shape index (κ2) is 2.86. The van der Waals surface area contributed by atoms with Crippen molar-refractivity contribution in [3.05, 3.63) is 0 Å². The van der Waals surface area contributed by atoms with Gasteiger partial charge in [0.15, 0.2) is 5.78 Å². The van der Waals surface area contributed by atoms with Gasteiger partial charge in [0.1, 0.15) is 0 Å². The summed E-state index contributed by atoms with van der Waals surface area (Å²) in [6.45, 7) is 0.822. The number of rotatable bonds is 0. The molecule has 1 atom stereocenters. The number of carbonyl (C=O) groups excluding carboxylic acids is 2. The van der Waals surface area contributed by atoms with E-state index in [0.717, 1.165) is 25.8 Å². The van der Waals surface area contributed by atoms with E-state index in [1.165, 1.54) is 0 Å². The van der Waals surface area contributed by atoms with Gasteiger partial charge in [-0.1, -0.05) is 6.42 Å². The third-order valence-corrected chi connectivity index (χ3v) is 2.48. The molecule has 12 heavy (non-hydrogen) atoms. The van der Waals surface area contributed by atoms with Crippen molar-refractivity contribution in [2.75, 3.05) is 6.54 Å². The van der Waals surface area contributed by atoms with E-state index in [-0.39, 0.29) is 24.2 Å². The number of nitrogens with zero attached hydrogens (tertiary/aromatic N) is 1. The predicted molar refractivity (Wildman–Crippen MR) is 42.1 cm³/mol. The Labute approximate surface area is 70.9 Å². The zero-order valence-electron chi connectivity index (χ0n) is 6.88. The summed E-state index contributed by atoms with van der Waals surface area (Å²) in [4.78, 5) is 22.3. The van der Waals surface area contributed by atoms with Crippen molar-refractivity contribution in [1.82, 2.24) is 10.4 Å². The van der Waals surface area contributed by atoms with Crippen LogP contribution in [0.25, 0.3) is 0 Å². The van der Waals surface area contributed by atoms with Crippen molar-refractivity contribution < 1.29 is 9.59 Å². The fraction of sp³-hybridized carbons (Fsp3) is 0.750. The molecule has 4 heteroatoms.